The number of carbonyl (C=O) groups is 1. The van der Waals surface area contributed by atoms with E-state index < -0.39 is 0 Å². The van der Waals surface area contributed by atoms with E-state index in [1.807, 2.05) is 36.4 Å². The van der Waals surface area contributed by atoms with Gasteiger partial charge in [-0.15, -0.1) is 0 Å². The van der Waals surface area contributed by atoms with Crippen molar-refractivity contribution in [3.8, 4) is 11.5 Å². The number of nitrogens with zero attached hydrogens (tertiary/aromatic N) is 1. The first-order chi connectivity index (χ1) is 13.2. The van der Waals surface area contributed by atoms with Gasteiger partial charge in [0, 0.05) is 6.04 Å². The topological polar surface area (TPSA) is 73.6 Å². The zero-order valence-electron chi connectivity index (χ0n) is 15.2. The van der Waals surface area contributed by atoms with Crippen molar-refractivity contribution in [3.63, 3.8) is 0 Å². The van der Waals surface area contributed by atoms with E-state index in [1.54, 1.807) is 7.11 Å². The van der Waals surface area contributed by atoms with Crippen LogP contribution in [-0.4, -0.2) is 24.0 Å². The van der Waals surface area contributed by atoms with Crippen LogP contribution in [0.4, 0.5) is 0 Å². The van der Waals surface area contributed by atoms with Crippen LogP contribution in [0.5, 0.6) is 11.5 Å². The molecule has 6 nitrogen and oxygen atoms in total. The van der Waals surface area contributed by atoms with Crippen LogP contribution in [0.25, 0.3) is 10.8 Å². The lowest BCUT2D eigenvalue weighted by Crippen LogP contribution is -2.32. The van der Waals surface area contributed by atoms with Gasteiger partial charge in [0.15, 0.2) is 12.3 Å². The van der Waals surface area contributed by atoms with Gasteiger partial charge in [0.1, 0.15) is 17.8 Å². The highest BCUT2D eigenvalue weighted by molar-refractivity contribution is 5.92. The van der Waals surface area contributed by atoms with Crippen LogP contribution in [0.3, 0.4) is 0 Å². The van der Waals surface area contributed by atoms with Gasteiger partial charge in [-0.25, -0.2) is 4.98 Å². The fourth-order valence-corrected chi connectivity index (χ4v) is 3.38. The lowest BCUT2D eigenvalue weighted by atomic mass is 10.1. The highest BCUT2D eigenvalue weighted by Crippen LogP contribution is 2.25. The van der Waals surface area contributed by atoms with Crippen LogP contribution in [0.2, 0.25) is 0 Å². The van der Waals surface area contributed by atoms with Gasteiger partial charge in [-0.05, 0) is 47.9 Å². The van der Waals surface area contributed by atoms with Crippen molar-refractivity contribution in [1.82, 2.24) is 10.3 Å². The molecule has 1 heterocycles. The Hall–Kier alpha value is -3.02. The molecule has 0 radical (unpaired) electrons. The summed E-state index contributed by atoms with van der Waals surface area (Å²) in [4.78, 5) is 16.4. The molecule has 1 saturated carbocycles. The maximum absolute atomic E-state index is 12.2. The third kappa shape index (κ3) is 4.05. The molecule has 0 unspecified atom stereocenters. The van der Waals surface area contributed by atoms with Crippen LogP contribution in [0.1, 0.15) is 42.1 Å². The standard InChI is InChI=1S/C21H22N2O4/c1-25-17-8-6-14-7-9-18(11-15(14)10-17)26-13-20-23-19(12-27-20)21(24)22-16-4-2-3-5-16/h6-12,16H,2-5,13H2,1H3,(H,22,24). The van der Waals surface area contributed by atoms with Crippen molar-refractivity contribution >= 4 is 16.7 Å². The van der Waals surface area contributed by atoms with Crippen LogP contribution >= 0.6 is 0 Å². The first kappa shape index (κ1) is 17.4. The number of nitrogens with one attached hydrogen (secondary N) is 1. The molecular weight excluding hydrogens is 344 g/mol. The normalized spacial score (nSPS) is 14.4. The fraction of sp³-hybridized carbons (Fsp3) is 0.333. The van der Waals surface area contributed by atoms with Gasteiger partial charge in [-0.2, -0.15) is 0 Å². The van der Waals surface area contributed by atoms with Crippen LogP contribution < -0.4 is 14.8 Å². The molecule has 2 aromatic carbocycles. The minimum atomic E-state index is -0.185. The highest BCUT2D eigenvalue weighted by Gasteiger charge is 2.20. The fourth-order valence-electron chi connectivity index (χ4n) is 3.38. The van der Waals surface area contributed by atoms with Crippen molar-refractivity contribution in [2.45, 2.75) is 38.3 Å². The summed E-state index contributed by atoms with van der Waals surface area (Å²) < 4.78 is 16.4. The van der Waals surface area contributed by atoms with Gasteiger partial charge in [-0.1, -0.05) is 25.0 Å². The second-order valence-electron chi connectivity index (χ2n) is 6.74. The Morgan fingerprint density at radius 2 is 1.89 bits per heavy atom. The summed E-state index contributed by atoms with van der Waals surface area (Å²) in [7, 11) is 1.64. The predicted octanol–water partition coefficient (Wildman–Crippen LogP) is 4.09. The molecule has 0 spiro atoms. The molecule has 0 bridgehead atoms. The molecule has 0 aliphatic heterocycles. The second-order valence-corrected chi connectivity index (χ2v) is 6.74. The van der Waals surface area contributed by atoms with E-state index in [4.69, 9.17) is 13.9 Å². The van der Waals surface area contributed by atoms with Gasteiger partial charge in [0.2, 0.25) is 5.89 Å². The number of fused-ring (bicyclic) bond motifs is 1. The number of hydrogen-bond acceptors (Lipinski definition) is 5. The van der Waals surface area contributed by atoms with E-state index in [0.717, 1.165) is 29.4 Å². The van der Waals surface area contributed by atoms with E-state index in [2.05, 4.69) is 10.3 Å². The second kappa shape index (κ2) is 7.70. The summed E-state index contributed by atoms with van der Waals surface area (Å²) >= 11 is 0. The molecule has 0 atom stereocenters. The Morgan fingerprint density at radius 3 is 2.67 bits per heavy atom. The maximum Gasteiger partial charge on any atom is 0.273 e. The van der Waals surface area contributed by atoms with E-state index in [0.29, 0.717) is 17.3 Å². The first-order valence-electron chi connectivity index (χ1n) is 9.17. The minimum absolute atomic E-state index is 0.159. The average molecular weight is 366 g/mol. The number of methoxy groups -OCH3 is 1. The van der Waals surface area contributed by atoms with Gasteiger partial charge >= 0.3 is 0 Å². The largest absolute Gasteiger partial charge is 0.497 e. The van der Waals surface area contributed by atoms with Crippen molar-refractivity contribution in [2.75, 3.05) is 7.11 Å². The maximum atomic E-state index is 12.2. The molecule has 140 valence electrons. The Kier molecular flexibility index (Phi) is 4.96. The number of carbonyl (C=O) groups excluding carboxylic acids is 1. The van der Waals surface area contributed by atoms with Gasteiger partial charge in [0.25, 0.3) is 5.91 Å². The molecule has 4 rings (SSSR count). The zero-order chi connectivity index (χ0) is 18.6. The predicted molar refractivity (Wildman–Crippen MR) is 101 cm³/mol. The molecule has 1 aliphatic rings. The first-order valence-corrected chi connectivity index (χ1v) is 9.17. The monoisotopic (exact) mass is 366 g/mol. The molecule has 1 fully saturated rings. The third-order valence-corrected chi connectivity index (χ3v) is 4.86. The zero-order valence-corrected chi connectivity index (χ0v) is 15.2. The van der Waals surface area contributed by atoms with E-state index in [-0.39, 0.29) is 18.6 Å². The Balaban J connectivity index is 1.39. The number of benzene rings is 2. The summed E-state index contributed by atoms with van der Waals surface area (Å²) in [6.07, 6.45) is 5.79. The lowest BCUT2D eigenvalue weighted by molar-refractivity contribution is 0.0932. The molecule has 1 N–H and O–H groups in total. The summed E-state index contributed by atoms with van der Waals surface area (Å²) in [5, 5.41) is 5.13. The number of oxazole rings is 1. The van der Waals surface area contributed by atoms with Crippen LogP contribution in [-0.2, 0) is 6.61 Å². The Morgan fingerprint density at radius 1 is 1.15 bits per heavy atom. The molecule has 27 heavy (non-hydrogen) atoms. The number of aromatic nitrogens is 1. The average Bonchev–Trinajstić information content (AvgIpc) is 3.37. The molecule has 1 aromatic heterocycles. The minimum Gasteiger partial charge on any atom is -0.497 e. The lowest BCUT2D eigenvalue weighted by Gasteiger charge is -2.09. The van der Waals surface area contributed by atoms with Crippen molar-refractivity contribution < 1.29 is 18.7 Å². The summed E-state index contributed by atoms with van der Waals surface area (Å²) in [5.41, 5.74) is 0.295. The molecule has 0 saturated heterocycles. The van der Waals surface area contributed by atoms with E-state index >= 15 is 0 Å². The molecule has 1 amide bonds. The van der Waals surface area contributed by atoms with E-state index in [9.17, 15) is 4.79 Å². The van der Waals surface area contributed by atoms with Crippen molar-refractivity contribution in [1.29, 1.82) is 0 Å². The van der Waals surface area contributed by atoms with Crippen molar-refractivity contribution in [3.05, 3.63) is 54.2 Å². The van der Waals surface area contributed by atoms with Gasteiger partial charge in [-0.3, -0.25) is 4.79 Å². The Bertz CT molecular complexity index is 944. The van der Waals surface area contributed by atoms with Crippen molar-refractivity contribution in [2.24, 2.45) is 0 Å². The SMILES string of the molecule is COc1ccc2ccc(OCc3nc(C(=O)NC4CCCC4)co3)cc2c1. The molecule has 3 aromatic rings. The van der Waals surface area contributed by atoms with Gasteiger partial charge < -0.3 is 19.2 Å². The van der Waals surface area contributed by atoms with E-state index in [1.165, 1.54) is 19.1 Å². The highest BCUT2D eigenvalue weighted by atomic mass is 16.5. The molecular formula is C21H22N2O4. The number of amides is 1. The smallest absolute Gasteiger partial charge is 0.273 e. The molecule has 6 heteroatoms. The number of rotatable bonds is 6. The molecule has 1 aliphatic carbocycles. The van der Waals surface area contributed by atoms with Crippen LogP contribution in [0, 0.1) is 0 Å². The number of ether oxygens (including phenoxy) is 2. The summed E-state index contributed by atoms with van der Waals surface area (Å²) in [5.74, 6) is 1.68. The Labute approximate surface area is 157 Å². The van der Waals surface area contributed by atoms with Crippen LogP contribution in [0.15, 0.2) is 47.1 Å². The summed E-state index contributed by atoms with van der Waals surface area (Å²) in [6.45, 7) is 0.159. The number of hydrogen-bond donors (Lipinski definition) is 1. The van der Waals surface area contributed by atoms with Gasteiger partial charge in [0.05, 0.1) is 7.11 Å². The quantitative estimate of drug-likeness (QED) is 0.711. The summed E-state index contributed by atoms with van der Waals surface area (Å²) in [6, 6.07) is 12.0. The third-order valence-electron chi connectivity index (χ3n) is 4.86.